The monoisotopic (exact) mass is 291 g/mol. The Balaban J connectivity index is 1.76. The minimum Gasteiger partial charge on any atom is -0.381 e. The molecule has 3 heterocycles. The second kappa shape index (κ2) is 6.08. The van der Waals surface area contributed by atoms with Crippen LogP contribution in [0, 0.1) is 0 Å². The zero-order valence-corrected chi connectivity index (χ0v) is 12.9. The number of thiophene rings is 1. The quantitative estimate of drug-likeness (QED) is 0.848. The SMILES string of the molecule is CCOC[C@H]1CN(Cc2ccsc2)Cc2nn(C)cc21. The van der Waals surface area contributed by atoms with Crippen LogP contribution >= 0.6 is 11.3 Å². The molecule has 0 N–H and O–H groups in total. The fraction of sp³-hybridized carbons (Fsp3) is 0.533. The summed E-state index contributed by atoms with van der Waals surface area (Å²) < 4.78 is 7.59. The number of nitrogens with zero attached hydrogens (tertiary/aromatic N) is 3. The molecule has 1 atom stereocenters. The zero-order chi connectivity index (χ0) is 13.9. The fourth-order valence-electron chi connectivity index (χ4n) is 2.87. The predicted molar refractivity (Wildman–Crippen MR) is 80.9 cm³/mol. The van der Waals surface area contributed by atoms with E-state index in [0.29, 0.717) is 5.92 Å². The number of aryl methyl sites for hydroxylation is 1. The highest BCUT2D eigenvalue weighted by atomic mass is 32.1. The van der Waals surface area contributed by atoms with Gasteiger partial charge in [-0.2, -0.15) is 16.4 Å². The molecular formula is C15H21N3OS. The van der Waals surface area contributed by atoms with E-state index in [9.17, 15) is 0 Å². The molecule has 20 heavy (non-hydrogen) atoms. The summed E-state index contributed by atoms with van der Waals surface area (Å²) in [6.07, 6.45) is 2.15. The van der Waals surface area contributed by atoms with Gasteiger partial charge in [0.25, 0.3) is 0 Å². The Labute approximate surface area is 124 Å². The zero-order valence-electron chi connectivity index (χ0n) is 12.1. The van der Waals surface area contributed by atoms with E-state index >= 15 is 0 Å². The van der Waals surface area contributed by atoms with Gasteiger partial charge in [0.2, 0.25) is 0 Å². The van der Waals surface area contributed by atoms with Crippen molar-refractivity contribution in [3.8, 4) is 0 Å². The van der Waals surface area contributed by atoms with Crippen molar-refractivity contribution in [2.24, 2.45) is 7.05 Å². The van der Waals surface area contributed by atoms with Gasteiger partial charge in [-0.1, -0.05) is 0 Å². The van der Waals surface area contributed by atoms with Crippen molar-refractivity contribution in [1.82, 2.24) is 14.7 Å². The minimum atomic E-state index is 0.436. The standard InChI is InChI=1S/C15H21N3OS/c1-3-19-10-13-7-18(6-12-4-5-20-11-12)9-15-14(13)8-17(2)16-15/h4-5,8,11,13H,3,6-7,9-10H2,1-2H3/t13-/m1/s1. The highest BCUT2D eigenvalue weighted by Gasteiger charge is 2.28. The van der Waals surface area contributed by atoms with Crippen molar-refractivity contribution >= 4 is 11.3 Å². The first kappa shape index (κ1) is 13.8. The van der Waals surface area contributed by atoms with Gasteiger partial charge in [0.15, 0.2) is 0 Å². The first-order valence-electron chi connectivity index (χ1n) is 7.10. The van der Waals surface area contributed by atoms with Gasteiger partial charge in [-0.15, -0.1) is 0 Å². The third-order valence-corrected chi connectivity index (χ3v) is 4.47. The van der Waals surface area contributed by atoms with E-state index < -0.39 is 0 Å². The molecule has 0 spiro atoms. The van der Waals surface area contributed by atoms with Gasteiger partial charge in [-0.05, 0) is 29.3 Å². The summed E-state index contributed by atoms with van der Waals surface area (Å²) in [5.74, 6) is 0.436. The van der Waals surface area contributed by atoms with Gasteiger partial charge < -0.3 is 4.74 Å². The Kier molecular flexibility index (Phi) is 4.19. The fourth-order valence-corrected chi connectivity index (χ4v) is 3.53. The van der Waals surface area contributed by atoms with Crippen LogP contribution in [0.4, 0.5) is 0 Å². The van der Waals surface area contributed by atoms with Crippen LogP contribution in [0.1, 0.15) is 29.7 Å². The molecule has 0 saturated carbocycles. The van der Waals surface area contributed by atoms with Gasteiger partial charge >= 0.3 is 0 Å². The molecule has 3 rings (SSSR count). The smallest absolute Gasteiger partial charge is 0.0800 e. The highest BCUT2D eigenvalue weighted by Crippen LogP contribution is 2.28. The van der Waals surface area contributed by atoms with E-state index in [1.165, 1.54) is 16.8 Å². The van der Waals surface area contributed by atoms with Crippen LogP contribution < -0.4 is 0 Å². The second-order valence-electron chi connectivity index (χ2n) is 5.36. The predicted octanol–water partition coefficient (Wildman–Crippen LogP) is 2.62. The highest BCUT2D eigenvalue weighted by molar-refractivity contribution is 7.07. The van der Waals surface area contributed by atoms with Crippen molar-refractivity contribution in [2.75, 3.05) is 19.8 Å². The summed E-state index contributed by atoms with van der Waals surface area (Å²) in [5.41, 5.74) is 3.96. The van der Waals surface area contributed by atoms with Crippen molar-refractivity contribution < 1.29 is 4.74 Å². The summed E-state index contributed by atoms with van der Waals surface area (Å²) in [5, 5.41) is 8.98. The largest absolute Gasteiger partial charge is 0.381 e. The Morgan fingerprint density at radius 1 is 1.50 bits per heavy atom. The van der Waals surface area contributed by atoms with E-state index in [1.54, 1.807) is 11.3 Å². The Bertz CT molecular complexity index is 549. The Morgan fingerprint density at radius 3 is 3.15 bits per heavy atom. The second-order valence-corrected chi connectivity index (χ2v) is 6.14. The van der Waals surface area contributed by atoms with Crippen LogP contribution in [-0.4, -0.2) is 34.4 Å². The average Bonchev–Trinajstić information content (AvgIpc) is 3.04. The number of hydrogen-bond donors (Lipinski definition) is 0. The van der Waals surface area contributed by atoms with E-state index in [0.717, 1.165) is 32.8 Å². The number of fused-ring (bicyclic) bond motifs is 1. The molecule has 0 fully saturated rings. The van der Waals surface area contributed by atoms with Crippen molar-refractivity contribution in [1.29, 1.82) is 0 Å². The summed E-state index contributed by atoms with van der Waals surface area (Å²) in [6, 6.07) is 2.20. The first-order chi connectivity index (χ1) is 9.76. The van der Waals surface area contributed by atoms with Crippen LogP contribution in [0.15, 0.2) is 23.0 Å². The maximum Gasteiger partial charge on any atom is 0.0800 e. The molecular weight excluding hydrogens is 270 g/mol. The van der Waals surface area contributed by atoms with Crippen LogP contribution in [0.3, 0.4) is 0 Å². The lowest BCUT2D eigenvalue weighted by Crippen LogP contribution is -2.34. The number of hydrogen-bond acceptors (Lipinski definition) is 4. The molecule has 4 nitrogen and oxygen atoms in total. The number of aromatic nitrogens is 2. The average molecular weight is 291 g/mol. The molecule has 0 amide bonds. The van der Waals surface area contributed by atoms with Gasteiger partial charge in [0.1, 0.15) is 0 Å². The van der Waals surface area contributed by atoms with Gasteiger partial charge in [-0.25, -0.2) is 0 Å². The summed E-state index contributed by atoms with van der Waals surface area (Å²) in [6.45, 7) is 6.60. The van der Waals surface area contributed by atoms with Crippen LogP contribution in [0.25, 0.3) is 0 Å². The Hall–Kier alpha value is -1.17. The third kappa shape index (κ3) is 2.95. The van der Waals surface area contributed by atoms with E-state index in [2.05, 4.69) is 39.9 Å². The lowest BCUT2D eigenvalue weighted by molar-refractivity contribution is 0.105. The van der Waals surface area contributed by atoms with E-state index in [4.69, 9.17) is 4.74 Å². The molecule has 0 aromatic carbocycles. The topological polar surface area (TPSA) is 30.3 Å². The molecule has 0 saturated heterocycles. The molecule has 0 bridgehead atoms. The molecule has 0 aliphatic carbocycles. The Morgan fingerprint density at radius 2 is 2.40 bits per heavy atom. The minimum absolute atomic E-state index is 0.436. The molecule has 1 aliphatic heterocycles. The summed E-state index contributed by atoms with van der Waals surface area (Å²) in [7, 11) is 2.00. The van der Waals surface area contributed by atoms with Crippen molar-refractivity contribution in [2.45, 2.75) is 25.9 Å². The van der Waals surface area contributed by atoms with Gasteiger partial charge in [0.05, 0.1) is 12.3 Å². The molecule has 108 valence electrons. The number of ether oxygens (including phenoxy) is 1. The van der Waals surface area contributed by atoms with Gasteiger partial charge in [-0.3, -0.25) is 9.58 Å². The lowest BCUT2D eigenvalue weighted by atomic mass is 9.95. The first-order valence-corrected chi connectivity index (χ1v) is 8.04. The molecule has 2 aromatic heterocycles. The van der Waals surface area contributed by atoms with Crippen molar-refractivity contribution in [3.05, 3.63) is 39.8 Å². The molecule has 0 radical (unpaired) electrons. The molecule has 0 unspecified atom stereocenters. The normalized spacial score (nSPS) is 19.2. The molecule has 5 heteroatoms. The van der Waals surface area contributed by atoms with Gasteiger partial charge in [0, 0.05) is 51.0 Å². The maximum atomic E-state index is 5.66. The van der Waals surface area contributed by atoms with E-state index in [1.807, 2.05) is 11.7 Å². The maximum absolute atomic E-state index is 5.66. The third-order valence-electron chi connectivity index (χ3n) is 3.74. The van der Waals surface area contributed by atoms with E-state index in [-0.39, 0.29) is 0 Å². The lowest BCUT2D eigenvalue weighted by Gasteiger charge is -2.31. The number of rotatable bonds is 5. The molecule has 2 aromatic rings. The van der Waals surface area contributed by atoms with Crippen LogP contribution in [0.2, 0.25) is 0 Å². The molecule has 1 aliphatic rings. The summed E-state index contributed by atoms with van der Waals surface area (Å²) >= 11 is 1.76. The van der Waals surface area contributed by atoms with Crippen molar-refractivity contribution in [3.63, 3.8) is 0 Å². The van der Waals surface area contributed by atoms with Crippen LogP contribution in [-0.2, 0) is 24.9 Å². The summed E-state index contributed by atoms with van der Waals surface area (Å²) in [4.78, 5) is 2.47. The van der Waals surface area contributed by atoms with Crippen LogP contribution in [0.5, 0.6) is 0 Å².